The topological polar surface area (TPSA) is 45.8 Å². The van der Waals surface area contributed by atoms with E-state index in [1.807, 2.05) is 0 Å². The molecule has 0 atom stereocenters. The number of hydrogen-bond acceptors (Lipinski definition) is 2. The normalized spacial score (nSPS) is 14.3. The van der Waals surface area contributed by atoms with Gasteiger partial charge in [0, 0.05) is 11.1 Å². The van der Waals surface area contributed by atoms with Gasteiger partial charge in [0.2, 0.25) is 0 Å². The van der Waals surface area contributed by atoms with E-state index in [1.165, 1.54) is 12.1 Å². The third-order valence-corrected chi connectivity index (χ3v) is 3.29. The first-order chi connectivity index (χ1) is 8.74. The number of rotatable bonds is 1. The number of H-pyrrole nitrogens is 1. The average molecular weight is 244 g/mol. The van der Waals surface area contributed by atoms with E-state index in [0.717, 1.165) is 36.9 Å². The van der Waals surface area contributed by atoms with Crippen molar-refractivity contribution in [1.82, 2.24) is 9.97 Å². The van der Waals surface area contributed by atoms with Crippen molar-refractivity contribution in [2.24, 2.45) is 0 Å². The van der Waals surface area contributed by atoms with E-state index in [0.29, 0.717) is 11.4 Å². The maximum atomic E-state index is 13.2. The van der Waals surface area contributed by atoms with Gasteiger partial charge in [-0.2, -0.15) is 0 Å². The molecular weight excluding hydrogens is 231 g/mol. The Bertz CT molecular complexity index is 648. The van der Waals surface area contributed by atoms with Crippen LogP contribution in [0.5, 0.6) is 0 Å². The molecule has 1 aliphatic carbocycles. The Balaban J connectivity index is 2.14. The van der Waals surface area contributed by atoms with Gasteiger partial charge in [0.15, 0.2) is 0 Å². The Morgan fingerprint density at radius 1 is 1.22 bits per heavy atom. The van der Waals surface area contributed by atoms with Gasteiger partial charge >= 0.3 is 0 Å². The first kappa shape index (κ1) is 11.1. The van der Waals surface area contributed by atoms with Gasteiger partial charge in [0.05, 0.1) is 5.69 Å². The average Bonchev–Trinajstić information content (AvgIpc) is 2.39. The lowest BCUT2D eigenvalue weighted by Gasteiger charge is -2.14. The fraction of sp³-hybridized carbons (Fsp3) is 0.286. The molecule has 0 unspecified atom stereocenters. The van der Waals surface area contributed by atoms with Gasteiger partial charge in [-0.15, -0.1) is 0 Å². The van der Waals surface area contributed by atoms with Crippen LogP contribution in [0, 0.1) is 5.82 Å². The number of halogens is 1. The molecule has 1 aliphatic rings. The number of aromatic nitrogens is 2. The number of nitrogens with one attached hydrogen (secondary N) is 1. The van der Waals surface area contributed by atoms with Crippen LogP contribution in [-0.2, 0) is 12.8 Å². The van der Waals surface area contributed by atoms with Crippen LogP contribution < -0.4 is 5.56 Å². The molecule has 0 saturated heterocycles. The maximum absolute atomic E-state index is 13.2. The highest BCUT2D eigenvalue weighted by Crippen LogP contribution is 2.20. The minimum absolute atomic E-state index is 0.0843. The summed E-state index contributed by atoms with van der Waals surface area (Å²) in [6.07, 6.45) is 3.73. The second-order valence-corrected chi connectivity index (χ2v) is 4.56. The quantitative estimate of drug-likeness (QED) is 0.837. The monoisotopic (exact) mass is 244 g/mol. The van der Waals surface area contributed by atoms with Crippen LogP contribution in [0.1, 0.15) is 24.1 Å². The fourth-order valence-corrected chi connectivity index (χ4v) is 2.38. The molecule has 0 fully saturated rings. The molecule has 0 saturated carbocycles. The second kappa shape index (κ2) is 4.37. The summed E-state index contributed by atoms with van der Waals surface area (Å²) < 4.78 is 13.2. The fourth-order valence-electron chi connectivity index (χ4n) is 2.38. The lowest BCUT2D eigenvalue weighted by atomic mass is 9.97. The molecule has 2 aromatic rings. The van der Waals surface area contributed by atoms with Crippen molar-refractivity contribution in [3.63, 3.8) is 0 Å². The van der Waals surface area contributed by atoms with Crippen molar-refractivity contribution in [1.29, 1.82) is 0 Å². The zero-order valence-electron chi connectivity index (χ0n) is 9.87. The van der Waals surface area contributed by atoms with Gasteiger partial charge in [0.25, 0.3) is 5.56 Å². The van der Waals surface area contributed by atoms with Crippen LogP contribution in [0.25, 0.3) is 11.4 Å². The summed E-state index contributed by atoms with van der Waals surface area (Å²) >= 11 is 0. The summed E-state index contributed by atoms with van der Waals surface area (Å²) in [5.74, 6) is 0.132. The zero-order valence-corrected chi connectivity index (χ0v) is 9.87. The SMILES string of the molecule is O=c1[nH]c(-c2cccc(F)c2)nc2c1CCCC2. The molecule has 0 spiro atoms. The molecule has 3 rings (SSSR count). The van der Waals surface area contributed by atoms with Crippen LogP contribution in [0.15, 0.2) is 29.1 Å². The second-order valence-electron chi connectivity index (χ2n) is 4.56. The molecule has 3 nitrogen and oxygen atoms in total. The van der Waals surface area contributed by atoms with E-state index in [9.17, 15) is 9.18 Å². The van der Waals surface area contributed by atoms with Crippen LogP contribution >= 0.6 is 0 Å². The lowest BCUT2D eigenvalue weighted by molar-refractivity contribution is 0.628. The highest BCUT2D eigenvalue weighted by atomic mass is 19.1. The molecular formula is C14H13FN2O. The van der Waals surface area contributed by atoms with Crippen molar-refractivity contribution in [2.75, 3.05) is 0 Å². The Kier molecular flexibility index (Phi) is 2.70. The number of fused-ring (bicyclic) bond motifs is 1. The molecule has 1 heterocycles. The molecule has 18 heavy (non-hydrogen) atoms. The van der Waals surface area contributed by atoms with E-state index >= 15 is 0 Å². The summed E-state index contributed by atoms with van der Waals surface area (Å²) in [7, 11) is 0. The lowest BCUT2D eigenvalue weighted by Crippen LogP contribution is -2.21. The summed E-state index contributed by atoms with van der Waals surface area (Å²) in [6, 6.07) is 6.12. The van der Waals surface area contributed by atoms with Crippen molar-refractivity contribution in [2.45, 2.75) is 25.7 Å². The predicted octanol–water partition coefficient (Wildman–Crippen LogP) is 2.45. The maximum Gasteiger partial charge on any atom is 0.254 e. The molecule has 0 aliphatic heterocycles. The van der Waals surface area contributed by atoms with Gasteiger partial charge in [-0.3, -0.25) is 4.79 Å². The van der Waals surface area contributed by atoms with Gasteiger partial charge in [-0.25, -0.2) is 9.37 Å². The van der Waals surface area contributed by atoms with E-state index in [1.54, 1.807) is 12.1 Å². The van der Waals surface area contributed by atoms with Crippen molar-refractivity contribution < 1.29 is 4.39 Å². The minimum Gasteiger partial charge on any atom is -0.306 e. The minimum atomic E-state index is -0.326. The van der Waals surface area contributed by atoms with Gasteiger partial charge in [-0.1, -0.05) is 12.1 Å². The van der Waals surface area contributed by atoms with Crippen molar-refractivity contribution in [3.05, 3.63) is 51.7 Å². The smallest absolute Gasteiger partial charge is 0.254 e. The standard InChI is InChI=1S/C14H13FN2O/c15-10-5-3-4-9(8-10)13-16-12-7-2-1-6-11(12)14(18)17-13/h3-5,8H,1-2,6-7H2,(H,16,17,18). The van der Waals surface area contributed by atoms with E-state index in [-0.39, 0.29) is 11.4 Å². The zero-order chi connectivity index (χ0) is 12.5. The highest BCUT2D eigenvalue weighted by molar-refractivity contribution is 5.55. The predicted molar refractivity (Wildman–Crippen MR) is 66.9 cm³/mol. The summed E-state index contributed by atoms with van der Waals surface area (Å²) in [5.41, 5.74) is 2.19. The van der Waals surface area contributed by atoms with E-state index < -0.39 is 0 Å². The Labute approximate surface area is 104 Å². The van der Waals surface area contributed by atoms with Crippen molar-refractivity contribution >= 4 is 0 Å². The summed E-state index contributed by atoms with van der Waals surface area (Å²) in [5, 5.41) is 0. The third kappa shape index (κ3) is 1.94. The Morgan fingerprint density at radius 2 is 2.06 bits per heavy atom. The summed E-state index contributed by atoms with van der Waals surface area (Å²) in [6.45, 7) is 0. The molecule has 1 aromatic heterocycles. The molecule has 0 bridgehead atoms. The molecule has 1 aromatic carbocycles. The number of hydrogen-bond donors (Lipinski definition) is 1. The van der Waals surface area contributed by atoms with Crippen molar-refractivity contribution in [3.8, 4) is 11.4 Å². The first-order valence-electron chi connectivity index (χ1n) is 6.12. The highest BCUT2D eigenvalue weighted by Gasteiger charge is 2.16. The molecule has 4 heteroatoms. The number of aromatic amines is 1. The summed E-state index contributed by atoms with van der Waals surface area (Å²) in [4.78, 5) is 19.2. The van der Waals surface area contributed by atoms with Crippen LogP contribution in [0.4, 0.5) is 4.39 Å². The van der Waals surface area contributed by atoms with Crippen LogP contribution in [0.3, 0.4) is 0 Å². The van der Waals surface area contributed by atoms with E-state index in [4.69, 9.17) is 0 Å². The third-order valence-electron chi connectivity index (χ3n) is 3.29. The first-order valence-corrected chi connectivity index (χ1v) is 6.12. The van der Waals surface area contributed by atoms with Gasteiger partial charge in [-0.05, 0) is 37.8 Å². The molecule has 0 amide bonds. The number of nitrogens with zero attached hydrogens (tertiary/aromatic N) is 1. The van der Waals surface area contributed by atoms with Crippen LogP contribution in [-0.4, -0.2) is 9.97 Å². The Hall–Kier alpha value is -1.97. The van der Waals surface area contributed by atoms with E-state index in [2.05, 4.69) is 9.97 Å². The van der Waals surface area contributed by atoms with Crippen LogP contribution in [0.2, 0.25) is 0 Å². The largest absolute Gasteiger partial charge is 0.306 e. The Morgan fingerprint density at radius 3 is 2.89 bits per heavy atom. The van der Waals surface area contributed by atoms with Gasteiger partial charge in [0.1, 0.15) is 11.6 Å². The molecule has 0 radical (unpaired) electrons. The number of aryl methyl sites for hydroxylation is 1. The molecule has 1 N–H and O–H groups in total. The molecule has 92 valence electrons. The van der Waals surface area contributed by atoms with Gasteiger partial charge < -0.3 is 4.98 Å². The number of benzene rings is 1.